The Balaban J connectivity index is 2.62. The number of methoxy groups -OCH3 is 1. The van der Waals surface area contributed by atoms with Crippen molar-refractivity contribution >= 4 is 12.6 Å². The average molecular weight is 200 g/mol. The zero-order valence-electron chi connectivity index (χ0n) is 7.38. The van der Waals surface area contributed by atoms with E-state index < -0.39 is 18.8 Å². The summed E-state index contributed by atoms with van der Waals surface area (Å²) in [6.45, 7) is -0.122. The Morgan fingerprint density at radius 1 is 1.50 bits per heavy atom. The lowest BCUT2D eigenvalue weighted by Crippen LogP contribution is -2.29. The molecule has 1 aliphatic heterocycles. The highest BCUT2D eigenvalue weighted by atomic mass is 19.2. The van der Waals surface area contributed by atoms with Gasteiger partial charge in [-0.05, 0) is 11.5 Å². The van der Waals surface area contributed by atoms with Gasteiger partial charge in [0, 0.05) is 5.56 Å². The van der Waals surface area contributed by atoms with Crippen LogP contribution in [0.25, 0.3) is 0 Å². The van der Waals surface area contributed by atoms with Gasteiger partial charge >= 0.3 is 7.12 Å². The summed E-state index contributed by atoms with van der Waals surface area (Å²) in [5, 5.41) is 9.25. The van der Waals surface area contributed by atoms with E-state index in [1.54, 1.807) is 0 Å². The predicted octanol–water partition coefficient (Wildman–Crippen LogP) is 0.191. The van der Waals surface area contributed by atoms with Gasteiger partial charge in [0.1, 0.15) is 0 Å². The maximum absolute atomic E-state index is 13.3. The van der Waals surface area contributed by atoms with Crippen LogP contribution in [0.1, 0.15) is 5.56 Å². The summed E-state index contributed by atoms with van der Waals surface area (Å²) >= 11 is 0. The van der Waals surface area contributed by atoms with Crippen molar-refractivity contribution < 1.29 is 23.2 Å². The molecule has 0 fully saturated rings. The highest BCUT2D eigenvalue weighted by molar-refractivity contribution is 6.61. The normalized spacial score (nSPS) is 14.4. The van der Waals surface area contributed by atoms with Crippen molar-refractivity contribution in [2.24, 2.45) is 0 Å². The van der Waals surface area contributed by atoms with Gasteiger partial charge in [0.15, 0.2) is 11.6 Å². The summed E-state index contributed by atoms with van der Waals surface area (Å²) in [4.78, 5) is 0. The smallest absolute Gasteiger partial charge is 0.492 e. The van der Waals surface area contributed by atoms with E-state index in [1.165, 1.54) is 13.2 Å². The third kappa shape index (κ3) is 1.19. The number of fused-ring (bicyclic) bond motifs is 1. The van der Waals surface area contributed by atoms with E-state index in [-0.39, 0.29) is 23.4 Å². The van der Waals surface area contributed by atoms with Gasteiger partial charge in [0.05, 0.1) is 13.7 Å². The van der Waals surface area contributed by atoms with Crippen LogP contribution in [0.4, 0.5) is 8.78 Å². The number of ether oxygens (including phenoxy) is 1. The molecule has 0 saturated heterocycles. The Bertz CT molecular complexity index is 383. The van der Waals surface area contributed by atoms with Gasteiger partial charge in [-0.1, -0.05) is 0 Å². The molecule has 3 nitrogen and oxygen atoms in total. The van der Waals surface area contributed by atoms with Crippen LogP contribution < -0.4 is 10.2 Å². The molecule has 14 heavy (non-hydrogen) atoms. The van der Waals surface area contributed by atoms with Gasteiger partial charge < -0.3 is 14.4 Å². The fraction of sp³-hybridized carbons (Fsp3) is 0.250. The maximum atomic E-state index is 13.3. The Labute approximate surface area is 79.4 Å². The van der Waals surface area contributed by atoms with E-state index in [2.05, 4.69) is 4.74 Å². The topological polar surface area (TPSA) is 38.7 Å². The quantitative estimate of drug-likeness (QED) is 0.657. The first kappa shape index (κ1) is 9.42. The highest BCUT2D eigenvalue weighted by Gasteiger charge is 2.32. The standard InChI is InChI=1S/C8H7BF2O3/c1-13-6-2-5-4(3-14-9(5)12)7(10)8(6)11/h2,12H,3H2,1H3. The molecule has 2 rings (SSSR count). The van der Waals surface area contributed by atoms with E-state index in [4.69, 9.17) is 4.65 Å². The maximum Gasteiger partial charge on any atom is 0.492 e. The Hall–Kier alpha value is -1.14. The summed E-state index contributed by atoms with van der Waals surface area (Å²) in [7, 11) is 0.0286. The van der Waals surface area contributed by atoms with Crippen molar-refractivity contribution in [1.29, 1.82) is 0 Å². The van der Waals surface area contributed by atoms with E-state index in [0.717, 1.165) is 0 Å². The predicted molar refractivity (Wildman–Crippen MR) is 45.3 cm³/mol. The molecule has 0 unspecified atom stereocenters. The fourth-order valence-electron chi connectivity index (χ4n) is 1.43. The van der Waals surface area contributed by atoms with Crippen LogP contribution in [-0.2, 0) is 11.3 Å². The molecule has 0 aromatic heterocycles. The van der Waals surface area contributed by atoms with Crippen molar-refractivity contribution in [2.75, 3.05) is 7.11 Å². The molecule has 1 heterocycles. The fourth-order valence-corrected chi connectivity index (χ4v) is 1.43. The van der Waals surface area contributed by atoms with E-state index >= 15 is 0 Å². The van der Waals surface area contributed by atoms with Gasteiger partial charge in [-0.15, -0.1) is 0 Å². The molecule has 1 N–H and O–H groups in total. The van der Waals surface area contributed by atoms with Crippen molar-refractivity contribution in [1.82, 2.24) is 0 Å². The monoisotopic (exact) mass is 200 g/mol. The van der Waals surface area contributed by atoms with Crippen LogP contribution in [0.2, 0.25) is 0 Å². The Kier molecular flexibility index (Phi) is 2.17. The number of rotatable bonds is 1. The lowest BCUT2D eigenvalue weighted by atomic mass is 9.79. The van der Waals surface area contributed by atoms with Crippen LogP contribution in [0.15, 0.2) is 6.07 Å². The second-order valence-corrected chi connectivity index (χ2v) is 2.94. The minimum atomic E-state index is -1.20. The van der Waals surface area contributed by atoms with Crippen molar-refractivity contribution in [2.45, 2.75) is 6.61 Å². The van der Waals surface area contributed by atoms with Gasteiger partial charge in [0.2, 0.25) is 5.82 Å². The summed E-state index contributed by atoms with van der Waals surface area (Å²) in [5.41, 5.74) is 0.275. The molecular weight excluding hydrogens is 193 g/mol. The average Bonchev–Trinajstić information content (AvgIpc) is 2.54. The zero-order chi connectivity index (χ0) is 10.3. The number of benzene rings is 1. The van der Waals surface area contributed by atoms with Gasteiger partial charge in [-0.2, -0.15) is 4.39 Å². The van der Waals surface area contributed by atoms with E-state index in [1.807, 2.05) is 0 Å². The highest BCUT2D eigenvalue weighted by Crippen LogP contribution is 2.24. The van der Waals surface area contributed by atoms with Crippen molar-refractivity contribution in [3.63, 3.8) is 0 Å². The molecule has 1 aromatic rings. The molecule has 1 aliphatic rings. The molecule has 74 valence electrons. The zero-order valence-corrected chi connectivity index (χ0v) is 7.38. The van der Waals surface area contributed by atoms with Gasteiger partial charge in [-0.3, -0.25) is 0 Å². The third-order valence-corrected chi connectivity index (χ3v) is 2.18. The summed E-state index contributed by atoms with van der Waals surface area (Å²) in [5.74, 6) is -2.30. The summed E-state index contributed by atoms with van der Waals surface area (Å²) in [6, 6.07) is 1.24. The summed E-state index contributed by atoms with van der Waals surface area (Å²) in [6.07, 6.45) is 0. The first-order chi connectivity index (χ1) is 6.65. The minimum Gasteiger partial charge on any atom is -0.494 e. The first-order valence-corrected chi connectivity index (χ1v) is 3.99. The molecule has 1 aromatic carbocycles. The van der Waals surface area contributed by atoms with E-state index in [0.29, 0.717) is 0 Å². The molecule has 0 saturated carbocycles. The molecule has 6 heteroatoms. The Morgan fingerprint density at radius 3 is 2.86 bits per heavy atom. The third-order valence-electron chi connectivity index (χ3n) is 2.18. The second-order valence-electron chi connectivity index (χ2n) is 2.94. The van der Waals surface area contributed by atoms with Crippen LogP contribution >= 0.6 is 0 Å². The van der Waals surface area contributed by atoms with Crippen LogP contribution in [0.5, 0.6) is 5.75 Å². The minimum absolute atomic E-state index is 0.0517. The molecule has 0 bridgehead atoms. The number of hydrogen-bond donors (Lipinski definition) is 1. The molecule has 0 aliphatic carbocycles. The number of hydrogen-bond acceptors (Lipinski definition) is 3. The van der Waals surface area contributed by atoms with Crippen LogP contribution in [0.3, 0.4) is 0 Å². The van der Waals surface area contributed by atoms with Gasteiger partial charge in [-0.25, -0.2) is 4.39 Å². The SMILES string of the molecule is COc1cc2c(c(F)c1F)COB2O. The first-order valence-electron chi connectivity index (χ1n) is 3.99. The summed E-state index contributed by atoms with van der Waals surface area (Å²) < 4.78 is 35.8. The molecule has 0 spiro atoms. The van der Waals surface area contributed by atoms with Crippen LogP contribution in [-0.4, -0.2) is 19.3 Å². The molecule has 0 amide bonds. The lowest BCUT2D eigenvalue weighted by Gasteiger charge is -2.06. The van der Waals surface area contributed by atoms with E-state index in [9.17, 15) is 13.8 Å². The largest absolute Gasteiger partial charge is 0.494 e. The molecule has 0 atom stereocenters. The second kappa shape index (κ2) is 3.22. The van der Waals surface area contributed by atoms with Crippen molar-refractivity contribution in [3.05, 3.63) is 23.3 Å². The Morgan fingerprint density at radius 2 is 2.21 bits per heavy atom. The lowest BCUT2D eigenvalue weighted by molar-refractivity contribution is 0.270. The molecular formula is C8H7BF2O3. The van der Waals surface area contributed by atoms with Gasteiger partial charge in [0.25, 0.3) is 0 Å². The van der Waals surface area contributed by atoms with Crippen LogP contribution in [0, 0.1) is 11.6 Å². The van der Waals surface area contributed by atoms with Crippen molar-refractivity contribution in [3.8, 4) is 5.75 Å². The number of halogens is 2. The molecule has 0 radical (unpaired) electrons.